The average Bonchev–Trinajstić information content (AvgIpc) is 2.97. The number of benzene rings is 2. The van der Waals surface area contributed by atoms with Gasteiger partial charge in [0.15, 0.2) is 0 Å². The molecule has 0 atom stereocenters. The molecule has 0 bridgehead atoms. The molecule has 2 aromatic carbocycles. The van der Waals surface area contributed by atoms with E-state index in [1.54, 1.807) is 17.7 Å². The molecular formula is C22H21N3S. The van der Waals surface area contributed by atoms with Crippen molar-refractivity contribution in [3.63, 3.8) is 0 Å². The number of aryl methyl sites for hydroxylation is 3. The second-order valence-corrected chi connectivity index (χ2v) is 7.88. The second kappa shape index (κ2) is 6.54. The fourth-order valence-electron chi connectivity index (χ4n) is 3.22. The predicted octanol–water partition coefficient (Wildman–Crippen LogP) is 6.34. The first-order valence-electron chi connectivity index (χ1n) is 8.69. The van der Waals surface area contributed by atoms with Crippen LogP contribution in [-0.2, 0) is 0 Å². The standard InChI is InChI=1S/C22H21N3S/c1-13-8-10-17(11-9-13)19-16(4)26-22-20(19)21(23-12-24-22)25-18-7-5-6-14(2)15(18)3/h5-12H,1-4H3,(H,23,24,25). The van der Waals surface area contributed by atoms with E-state index in [1.165, 1.54) is 32.7 Å². The summed E-state index contributed by atoms with van der Waals surface area (Å²) in [4.78, 5) is 11.4. The van der Waals surface area contributed by atoms with E-state index in [0.717, 1.165) is 21.7 Å². The summed E-state index contributed by atoms with van der Waals surface area (Å²) >= 11 is 1.72. The molecule has 130 valence electrons. The van der Waals surface area contributed by atoms with Crippen LogP contribution in [0.15, 0.2) is 48.8 Å². The SMILES string of the molecule is Cc1ccc(-c2c(C)sc3ncnc(Nc4cccc(C)c4C)c23)cc1. The normalized spacial score (nSPS) is 11.1. The lowest BCUT2D eigenvalue weighted by Crippen LogP contribution is -1.98. The number of nitrogens with one attached hydrogen (secondary N) is 1. The van der Waals surface area contributed by atoms with Crippen molar-refractivity contribution in [2.24, 2.45) is 0 Å². The van der Waals surface area contributed by atoms with Crippen LogP contribution in [0.1, 0.15) is 21.6 Å². The Morgan fingerprint density at radius 1 is 0.885 bits per heavy atom. The van der Waals surface area contributed by atoms with Gasteiger partial charge in [0.2, 0.25) is 0 Å². The van der Waals surface area contributed by atoms with Crippen LogP contribution in [0.25, 0.3) is 21.3 Å². The van der Waals surface area contributed by atoms with Gasteiger partial charge in [0.1, 0.15) is 17.0 Å². The van der Waals surface area contributed by atoms with Gasteiger partial charge in [-0.05, 0) is 50.5 Å². The van der Waals surface area contributed by atoms with Crippen molar-refractivity contribution in [2.45, 2.75) is 27.7 Å². The molecule has 0 saturated heterocycles. The molecule has 4 aromatic rings. The predicted molar refractivity (Wildman–Crippen MR) is 112 cm³/mol. The quantitative estimate of drug-likeness (QED) is 0.464. The first-order valence-corrected chi connectivity index (χ1v) is 9.50. The molecule has 26 heavy (non-hydrogen) atoms. The summed E-state index contributed by atoms with van der Waals surface area (Å²) < 4.78 is 0. The Balaban J connectivity index is 1.91. The number of thiophene rings is 1. The Bertz CT molecular complexity index is 1090. The van der Waals surface area contributed by atoms with Crippen molar-refractivity contribution in [1.29, 1.82) is 0 Å². The van der Waals surface area contributed by atoms with Gasteiger partial charge in [0.25, 0.3) is 0 Å². The highest BCUT2D eigenvalue weighted by molar-refractivity contribution is 7.19. The van der Waals surface area contributed by atoms with Gasteiger partial charge >= 0.3 is 0 Å². The van der Waals surface area contributed by atoms with E-state index in [4.69, 9.17) is 0 Å². The lowest BCUT2D eigenvalue weighted by Gasteiger charge is -2.12. The molecule has 4 rings (SSSR count). The largest absolute Gasteiger partial charge is 0.339 e. The zero-order chi connectivity index (χ0) is 18.3. The van der Waals surface area contributed by atoms with Gasteiger partial charge < -0.3 is 5.32 Å². The van der Waals surface area contributed by atoms with E-state index < -0.39 is 0 Å². The number of hydrogen-bond acceptors (Lipinski definition) is 4. The highest BCUT2D eigenvalue weighted by atomic mass is 32.1. The minimum atomic E-state index is 0.864. The minimum Gasteiger partial charge on any atom is -0.339 e. The Hall–Kier alpha value is -2.72. The van der Waals surface area contributed by atoms with E-state index in [0.29, 0.717) is 0 Å². The van der Waals surface area contributed by atoms with Crippen LogP contribution in [0.5, 0.6) is 0 Å². The third-order valence-electron chi connectivity index (χ3n) is 4.86. The lowest BCUT2D eigenvalue weighted by molar-refractivity contribution is 1.22. The number of anilines is 2. The van der Waals surface area contributed by atoms with Crippen molar-refractivity contribution in [3.8, 4) is 11.1 Å². The van der Waals surface area contributed by atoms with Gasteiger partial charge in [0, 0.05) is 16.1 Å². The first-order chi connectivity index (χ1) is 12.5. The number of rotatable bonds is 3. The van der Waals surface area contributed by atoms with E-state index in [2.05, 4.69) is 85.4 Å². The van der Waals surface area contributed by atoms with E-state index in [1.807, 2.05) is 0 Å². The van der Waals surface area contributed by atoms with Crippen LogP contribution < -0.4 is 5.32 Å². The molecule has 0 amide bonds. The zero-order valence-corrected chi connectivity index (χ0v) is 16.2. The molecule has 0 unspecified atom stereocenters. The topological polar surface area (TPSA) is 37.8 Å². The van der Waals surface area contributed by atoms with Gasteiger partial charge in [-0.2, -0.15) is 0 Å². The van der Waals surface area contributed by atoms with Gasteiger partial charge in [-0.1, -0.05) is 42.0 Å². The maximum Gasteiger partial charge on any atom is 0.143 e. The number of aromatic nitrogens is 2. The molecule has 0 spiro atoms. The molecule has 0 aliphatic rings. The van der Waals surface area contributed by atoms with Gasteiger partial charge in [-0.3, -0.25) is 0 Å². The molecule has 2 heterocycles. The van der Waals surface area contributed by atoms with Crippen molar-refractivity contribution < 1.29 is 0 Å². The Labute approximate surface area is 157 Å². The van der Waals surface area contributed by atoms with Gasteiger partial charge in [-0.15, -0.1) is 11.3 Å². The van der Waals surface area contributed by atoms with Crippen molar-refractivity contribution >= 4 is 33.1 Å². The van der Waals surface area contributed by atoms with Crippen LogP contribution >= 0.6 is 11.3 Å². The summed E-state index contributed by atoms with van der Waals surface area (Å²) in [6.45, 7) is 8.53. The number of fused-ring (bicyclic) bond motifs is 1. The summed E-state index contributed by atoms with van der Waals surface area (Å²) in [6, 6.07) is 15.0. The van der Waals surface area contributed by atoms with Crippen molar-refractivity contribution in [3.05, 3.63) is 70.4 Å². The molecule has 0 saturated carbocycles. The molecule has 3 nitrogen and oxygen atoms in total. The van der Waals surface area contributed by atoms with Crippen LogP contribution in [0.4, 0.5) is 11.5 Å². The third-order valence-corrected chi connectivity index (χ3v) is 5.88. The highest BCUT2D eigenvalue weighted by Crippen LogP contribution is 2.41. The summed E-state index contributed by atoms with van der Waals surface area (Å²) in [5.41, 5.74) is 7.28. The smallest absolute Gasteiger partial charge is 0.143 e. The number of nitrogens with zero attached hydrogens (tertiary/aromatic N) is 2. The lowest BCUT2D eigenvalue weighted by atomic mass is 10.0. The maximum absolute atomic E-state index is 4.57. The molecule has 0 aliphatic heterocycles. The maximum atomic E-state index is 4.57. The molecule has 2 aromatic heterocycles. The summed E-state index contributed by atoms with van der Waals surface area (Å²) in [5.74, 6) is 0.864. The Morgan fingerprint density at radius 3 is 2.42 bits per heavy atom. The second-order valence-electron chi connectivity index (χ2n) is 6.67. The molecule has 0 fully saturated rings. The first kappa shape index (κ1) is 16.7. The summed E-state index contributed by atoms with van der Waals surface area (Å²) in [7, 11) is 0. The Kier molecular flexibility index (Phi) is 4.21. The van der Waals surface area contributed by atoms with Crippen LogP contribution in [0, 0.1) is 27.7 Å². The molecular weight excluding hydrogens is 338 g/mol. The van der Waals surface area contributed by atoms with E-state index >= 15 is 0 Å². The van der Waals surface area contributed by atoms with Crippen LogP contribution in [0.3, 0.4) is 0 Å². The highest BCUT2D eigenvalue weighted by Gasteiger charge is 2.17. The van der Waals surface area contributed by atoms with Gasteiger partial charge in [0.05, 0.1) is 5.39 Å². The number of hydrogen-bond donors (Lipinski definition) is 1. The van der Waals surface area contributed by atoms with E-state index in [9.17, 15) is 0 Å². The van der Waals surface area contributed by atoms with Crippen LogP contribution in [-0.4, -0.2) is 9.97 Å². The van der Waals surface area contributed by atoms with Crippen molar-refractivity contribution in [1.82, 2.24) is 9.97 Å². The van der Waals surface area contributed by atoms with Crippen LogP contribution in [0.2, 0.25) is 0 Å². The molecule has 4 heteroatoms. The summed E-state index contributed by atoms with van der Waals surface area (Å²) in [6.07, 6.45) is 1.64. The van der Waals surface area contributed by atoms with Crippen molar-refractivity contribution in [2.75, 3.05) is 5.32 Å². The zero-order valence-electron chi connectivity index (χ0n) is 15.4. The monoisotopic (exact) mass is 359 g/mol. The molecule has 1 N–H and O–H groups in total. The fraction of sp³-hybridized carbons (Fsp3) is 0.182. The van der Waals surface area contributed by atoms with Gasteiger partial charge in [-0.25, -0.2) is 9.97 Å². The minimum absolute atomic E-state index is 0.864. The summed E-state index contributed by atoms with van der Waals surface area (Å²) in [5, 5.41) is 4.64. The molecule has 0 radical (unpaired) electrons. The third kappa shape index (κ3) is 2.86. The van der Waals surface area contributed by atoms with E-state index in [-0.39, 0.29) is 0 Å². The fourth-order valence-corrected chi connectivity index (χ4v) is 4.23. The average molecular weight is 359 g/mol. The molecule has 0 aliphatic carbocycles. The Morgan fingerprint density at radius 2 is 1.65 bits per heavy atom.